The first-order valence-corrected chi connectivity index (χ1v) is 9.22. The van der Waals surface area contributed by atoms with Gasteiger partial charge in [0.05, 0.1) is 16.2 Å². The fourth-order valence-electron chi connectivity index (χ4n) is 2.73. The smallest absolute Gasteiger partial charge is 0.343 e. The van der Waals surface area contributed by atoms with E-state index in [1.54, 1.807) is 43.3 Å². The summed E-state index contributed by atoms with van der Waals surface area (Å²) in [5.74, 6) is -0.719. The number of benzene rings is 2. The van der Waals surface area contributed by atoms with E-state index in [0.29, 0.717) is 22.6 Å². The maximum absolute atomic E-state index is 12.5. The first-order chi connectivity index (χ1) is 14.8. The topological polar surface area (TPSA) is 129 Å². The number of carbonyl (C=O) groups excluding carboxylic acids is 2. The molecule has 0 unspecified atom stereocenters. The van der Waals surface area contributed by atoms with Crippen LogP contribution in [-0.4, -0.2) is 32.3 Å². The molecule has 158 valence electrons. The number of esters is 1. The van der Waals surface area contributed by atoms with E-state index in [1.165, 1.54) is 0 Å². The van der Waals surface area contributed by atoms with E-state index in [1.807, 2.05) is 19.1 Å². The second-order valence-corrected chi connectivity index (χ2v) is 6.59. The summed E-state index contributed by atoms with van der Waals surface area (Å²) in [6, 6.07) is 13.9. The quantitative estimate of drug-likeness (QED) is 0.205. The predicted octanol–water partition coefficient (Wildman–Crippen LogP) is 2.86. The first-order valence-electron chi connectivity index (χ1n) is 9.22. The van der Waals surface area contributed by atoms with Gasteiger partial charge in [-0.05, 0) is 37.6 Å². The maximum atomic E-state index is 12.5. The molecule has 0 aliphatic rings. The minimum Gasteiger partial charge on any atom is -0.422 e. The second-order valence-electron chi connectivity index (χ2n) is 6.59. The molecule has 3 rings (SSSR count). The van der Waals surface area contributed by atoms with Crippen molar-refractivity contribution in [3.8, 4) is 5.75 Å². The predicted molar refractivity (Wildman–Crippen MR) is 112 cm³/mol. The number of ether oxygens (including phenoxy) is 1. The number of nitro groups is 1. The molecule has 10 heteroatoms. The molecule has 0 bridgehead atoms. The van der Waals surface area contributed by atoms with Gasteiger partial charge in [-0.2, -0.15) is 10.2 Å². The summed E-state index contributed by atoms with van der Waals surface area (Å²) >= 11 is 0. The van der Waals surface area contributed by atoms with Crippen molar-refractivity contribution in [2.75, 3.05) is 0 Å². The highest BCUT2D eigenvalue weighted by Crippen LogP contribution is 2.21. The van der Waals surface area contributed by atoms with Gasteiger partial charge in [-0.15, -0.1) is 0 Å². The van der Waals surface area contributed by atoms with Crippen molar-refractivity contribution in [2.45, 2.75) is 20.4 Å². The molecule has 0 radical (unpaired) electrons. The normalized spacial score (nSPS) is 11.1. The number of aromatic nitrogens is 2. The minimum absolute atomic E-state index is 0.211. The Hall–Kier alpha value is -4.34. The van der Waals surface area contributed by atoms with Crippen LogP contribution in [0.25, 0.3) is 0 Å². The van der Waals surface area contributed by atoms with Crippen LogP contribution < -0.4 is 10.2 Å². The van der Waals surface area contributed by atoms with Crippen molar-refractivity contribution >= 4 is 23.3 Å². The van der Waals surface area contributed by atoms with Gasteiger partial charge in [0.1, 0.15) is 24.7 Å². The standard InChI is InChI=1S/C21H19N5O5/c1-14-7-3-4-8-17(14)21(28)31-19-10-6-5-9-18(19)15(2)23-24-20(27)13-25-12-16(11-22-25)26(29)30/h3-12H,13H2,1-2H3,(H,24,27)/b23-15+. The number of carbonyl (C=O) groups is 2. The number of hydrogen-bond acceptors (Lipinski definition) is 7. The van der Waals surface area contributed by atoms with Crippen LogP contribution in [0.1, 0.15) is 28.4 Å². The number of hydrazone groups is 1. The molecule has 1 N–H and O–H groups in total. The third-order valence-corrected chi connectivity index (χ3v) is 4.33. The van der Waals surface area contributed by atoms with E-state index in [-0.39, 0.29) is 12.2 Å². The Kier molecular flexibility index (Phi) is 6.51. The molecule has 3 aromatic rings. The molecule has 0 spiro atoms. The van der Waals surface area contributed by atoms with Crippen molar-refractivity contribution in [1.29, 1.82) is 0 Å². The summed E-state index contributed by atoms with van der Waals surface area (Å²) in [7, 11) is 0. The van der Waals surface area contributed by atoms with E-state index >= 15 is 0 Å². The van der Waals surface area contributed by atoms with Crippen LogP contribution >= 0.6 is 0 Å². The molecule has 0 saturated carbocycles. The van der Waals surface area contributed by atoms with Gasteiger partial charge in [0.2, 0.25) is 0 Å². The van der Waals surface area contributed by atoms with Gasteiger partial charge in [0.15, 0.2) is 0 Å². The Labute approximate surface area is 177 Å². The summed E-state index contributed by atoms with van der Waals surface area (Å²) in [5, 5.41) is 18.5. The Morgan fingerprint density at radius 1 is 1.16 bits per heavy atom. The number of amides is 1. The van der Waals surface area contributed by atoms with Crippen LogP contribution in [0.4, 0.5) is 5.69 Å². The molecule has 0 aliphatic heterocycles. The molecule has 1 heterocycles. The number of para-hydroxylation sites is 1. The zero-order chi connectivity index (χ0) is 22.4. The lowest BCUT2D eigenvalue weighted by atomic mass is 10.1. The van der Waals surface area contributed by atoms with Crippen molar-refractivity contribution in [3.63, 3.8) is 0 Å². The molecule has 0 aliphatic carbocycles. The molecule has 0 saturated heterocycles. The van der Waals surface area contributed by atoms with Gasteiger partial charge in [-0.3, -0.25) is 19.6 Å². The van der Waals surface area contributed by atoms with Gasteiger partial charge >= 0.3 is 11.7 Å². The van der Waals surface area contributed by atoms with E-state index in [2.05, 4.69) is 15.6 Å². The highest BCUT2D eigenvalue weighted by atomic mass is 16.6. The minimum atomic E-state index is -0.598. The molecule has 1 amide bonds. The average Bonchev–Trinajstić information content (AvgIpc) is 3.21. The van der Waals surface area contributed by atoms with E-state index in [0.717, 1.165) is 22.6 Å². The number of rotatable bonds is 7. The van der Waals surface area contributed by atoms with Crippen LogP contribution in [-0.2, 0) is 11.3 Å². The number of nitrogens with one attached hydrogen (secondary N) is 1. The van der Waals surface area contributed by atoms with Crippen LogP contribution in [0.5, 0.6) is 5.75 Å². The molecule has 1 aromatic heterocycles. The Balaban J connectivity index is 1.69. The summed E-state index contributed by atoms with van der Waals surface area (Å²) in [6.07, 6.45) is 2.21. The van der Waals surface area contributed by atoms with E-state index < -0.39 is 16.8 Å². The van der Waals surface area contributed by atoms with Crippen molar-refractivity contribution in [2.24, 2.45) is 5.10 Å². The largest absolute Gasteiger partial charge is 0.422 e. The molecule has 10 nitrogen and oxygen atoms in total. The van der Waals surface area contributed by atoms with Gasteiger partial charge in [0, 0.05) is 5.56 Å². The SMILES string of the molecule is C/C(=N\NC(=O)Cn1cc([N+](=O)[O-])cn1)c1ccccc1OC(=O)c1ccccc1C. The zero-order valence-corrected chi connectivity index (χ0v) is 16.8. The highest BCUT2D eigenvalue weighted by molar-refractivity contribution is 6.03. The fourth-order valence-corrected chi connectivity index (χ4v) is 2.73. The third-order valence-electron chi connectivity index (χ3n) is 4.33. The lowest BCUT2D eigenvalue weighted by Crippen LogP contribution is -2.24. The first kappa shape index (κ1) is 21.4. The molecular formula is C21H19N5O5. The van der Waals surface area contributed by atoms with Gasteiger partial charge in [0.25, 0.3) is 5.91 Å². The van der Waals surface area contributed by atoms with Crippen molar-refractivity contribution in [3.05, 3.63) is 87.7 Å². The van der Waals surface area contributed by atoms with Crippen molar-refractivity contribution in [1.82, 2.24) is 15.2 Å². The number of hydrogen-bond donors (Lipinski definition) is 1. The third kappa shape index (κ3) is 5.38. The molecule has 31 heavy (non-hydrogen) atoms. The zero-order valence-electron chi connectivity index (χ0n) is 16.8. The average molecular weight is 421 g/mol. The van der Waals surface area contributed by atoms with Crippen LogP contribution in [0.2, 0.25) is 0 Å². The number of nitrogens with zero attached hydrogens (tertiary/aromatic N) is 4. The monoisotopic (exact) mass is 421 g/mol. The van der Waals surface area contributed by atoms with Gasteiger partial charge in [-0.25, -0.2) is 10.2 Å². The van der Waals surface area contributed by atoms with Crippen LogP contribution in [0.3, 0.4) is 0 Å². The molecule has 0 atom stereocenters. The maximum Gasteiger partial charge on any atom is 0.343 e. The Bertz CT molecular complexity index is 1170. The van der Waals surface area contributed by atoms with Crippen LogP contribution in [0, 0.1) is 17.0 Å². The molecule has 0 fully saturated rings. The summed E-state index contributed by atoms with van der Waals surface area (Å²) < 4.78 is 6.69. The van der Waals surface area contributed by atoms with Crippen LogP contribution in [0.15, 0.2) is 66.0 Å². The summed E-state index contributed by atoms with van der Waals surface area (Å²) in [6.45, 7) is 3.23. The van der Waals surface area contributed by atoms with E-state index in [4.69, 9.17) is 4.74 Å². The van der Waals surface area contributed by atoms with Crippen molar-refractivity contribution < 1.29 is 19.2 Å². The van der Waals surface area contributed by atoms with Gasteiger partial charge in [-0.1, -0.05) is 30.3 Å². The highest BCUT2D eigenvalue weighted by Gasteiger charge is 2.15. The lowest BCUT2D eigenvalue weighted by molar-refractivity contribution is -0.385. The molecular weight excluding hydrogens is 402 g/mol. The lowest BCUT2D eigenvalue weighted by Gasteiger charge is -2.11. The fraction of sp³-hybridized carbons (Fsp3) is 0.143. The van der Waals surface area contributed by atoms with E-state index in [9.17, 15) is 19.7 Å². The number of aryl methyl sites for hydroxylation is 1. The molecule has 2 aromatic carbocycles. The Morgan fingerprint density at radius 2 is 1.84 bits per heavy atom. The second kappa shape index (κ2) is 9.44. The summed E-state index contributed by atoms with van der Waals surface area (Å²) in [5.41, 5.74) is 4.34. The Morgan fingerprint density at radius 3 is 2.52 bits per heavy atom. The van der Waals surface area contributed by atoms with Gasteiger partial charge < -0.3 is 4.74 Å². The summed E-state index contributed by atoms with van der Waals surface area (Å²) in [4.78, 5) is 34.7.